The van der Waals surface area contributed by atoms with Gasteiger partial charge in [0.05, 0.1) is 18.7 Å². The highest BCUT2D eigenvalue weighted by atomic mass is 16.5. The molecule has 1 fully saturated rings. The summed E-state index contributed by atoms with van der Waals surface area (Å²) in [6, 6.07) is 3.79. The van der Waals surface area contributed by atoms with Gasteiger partial charge in [0.25, 0.3) is 0 Å². The molecule has 2 aromatic rings. The number of carbonyl (C=O) groups is 2. The number of ether oxygens (including phenoxy) is 1. The molecule has 0 unspecified atom stereocenters. The van der Waals surface area contributed by atoms with E-state index >= 15 is 0 Å². The Morgan fingerprint density at radius 2 is 2.08 bits per heavy atom. The monoisotopic (exact) mass is 359 g/mol. The van der Waals surface area contributed by atoms with Gasteiger partial charge in [0, 0.05) is 37.7 Å². The molecule has 1 saturated carbocycles. The lowest BCUT2D eigenvalue weighted by Gasteiger charge is -2.38. The molecule has 1 amide bonds. The number of aromatic nitrogens is 2. The minimum atomic E-state index is -1.02. The number of carboxylic acids is 1. The molecule has 0 spiro atoms. The van der Waals surface area contributed by atoms with Gasteiger partial charge in [-0.15, -0.1) is 0 Å². The van der Waals surface area contributed by atoms with Crippen LogP contribution in [0.3, 0.4) is 0 Å². The predicted molar refractivity (Wildman–Crippen MR) is 97.5 cm³/mol. The summed E-state index contributed by atoms with van der Waals surface area (Å²) in [4.78, 5) is 24.8. The number of benzene rings is 1. The van der Waals surface area contributed by atoms with E-state index < -0.39 is 5.97 Å². The summed E-state index contributed by atoms with van der Waals surface area (Å²) in [5, 5.41) is 14.8. The van der Waals surface area contributed by atoms with Crippen molar-refractivity contribution in [1.29, 1.82) is 0 Å². The third-order valence-corrected chi connectivity index (χ3v) is 5.55. The maximum absolute atomic E-state index is 11.6. The number of rotatable bonds is 4. The van der Waals surface area contributed by atoms with Crippen LogP contribution in [-0.2, 0) is 4.79 Å². The molecule has 0 saturated heterocycles. The third-order valence-electron chi connectivity index (χ3n) is 5.55. The first kappa shape index (κ1) is 18.2. The van der Waals surface area contributed by atoms with Crippen LogP contribution < -0.4 is 4.74 Å². The summed E-state index contributed by atoms with van der Waals surface area (Å²) in [5.41, 5.74) is 0.862. The minimum absolute atomic E-state index is 0.0961. The average molecular weight is 359 g/mol. The van der Waals surface area contributed by atoms with Crippen LogP contribution in [0, 0.1) is 5.92 Å². The zero-order valence-electron chi connectivity index (χ0n) is 15.6. The largest absolute Gasteiger partial charge is 0.496 e. The molecule has 7 heteroatoms. The second kappa shape index (κ2) is 6.97. The lowest BCUT2D eigenvalue weighted by atomic mass is 9.82. The molecule has 3 atom stereocenters. The number of methoxy groups -OCH3 is 1. The molecule has 1 aliphatic carbocycles. The third kappa shape index (κ3) is 3.25. The second-order valence-corrected chi connectivity index (χ2v) is 7.17. The highest BCUT2D eigenvalue weighted by molar-refractivity contribution is 5.96. The molecule has 0 radical (unpaired) electrons. The molecular formula is C19H25N3O4. The quantitative estimate of drug-likeness (QED) is 0.907. The molecule has 1 aliphatic rings. The van der Waals surface area contributed by atoms with E-state index in [4.69, 9.17) is 4.74 Å². The molecule has 0 aliphatic heterocycles. The number of hydrogen-bond acceptors (Lipinski definition) is 4. The summed E-state index contributed by atoms with van der Waals surface area (Å²) < 4.78 is 7.13. The standard InChI is InChI=1S/C19H25N3O4/c1-11-7-14(21(3)12(2)23)5-6-17(11)22-10-13-8-15(19(24)25)18(26-4)9-16(13)20-22/h8-11,14,17H,5-7H2,1-4H3,(H,24,25)/t11-,14-,17+/m1/s1. The molecular weight excluding hydrogens is 334 g/mol. The van der Waals surface area contributed by atoms with Crippen molar-refractivity contribution >= 4 is 22.8 Å². The number of carbonyl (C=O) groups excluding carboxylic acids is 1. The molecule has 1 aromatic carbocycles. The van der Waals surface area contributed by atoms with Crippen molar-refractivity contribution in [2.24, 2.45) is 5.92 Å². The van der Waals surface area contributed by atoms with Crippen molar-refractivity contribution in [2.45, 2.75) is 45.2 Å². The summed E-state index contributed by atoms with van der Waals surface area (Å²) in [7, 11) is 3.32. The van der Waals surface area contributed by atoms with Crippen LogP contribution in [0.25, 0.3) is 10.9 Å². The first-order valence-corrected chi connectivity index (χ1v) is 8.85. The minimum Gasteiger partial charge on any atom is -0.496 e. The molecule has 7 nitrogen and oxygen atoms in total. The topological polar surface area (TPSA) is 84.7 Å². The maximum Gasteiger partial charge on any atom is 0.339 e. The Labute approximate surface area is 152 Å². The van der Waals surface area contributed by atoms with E-state index in [0.717, 1.165) is 30.2 Å². The van der Waals surface area contributed by atoms with Crippen LogP contribution in [0.1, 0.15) is 49.5 Å². The first-order chi connectivity index (χ1) is 12.3. The van der Waals surface area contributed by atoms with E-state index in [1.165, 1.54) is 7.11 Å². The van der Waals surface area contributed by atoms with Crippen LogP contribution >= 0.6 is 0 Å². The maximum atomic E-state index is 11.6. The lowest BCUT2D eigenvalue weighted by Crippen LogP contribution is -2.41. The van der Waals surface area contributed by atoms with Crippen LogP contribution in [0.4, 0.5) is 0 Å². The highest BCUT2D eigenvalue weighted by Crippen LogP contribution is 2.36. The number of amides is 1. The number of carboxylic acid groups (broad SMARTS) is 1. The van der Waals surface area contributed by atoms with Gasteiger partial charge in [-0.05, 0) is 31.2 Å². The zero-order chi connectivity index (χ0) is 19.0. The first-order valence-electron chi connectivity index (χ1n) is 8.85. The van der Waals surface area contributed by atoms with Gasteiger partial charge in [-0.3, -0.25) is 9.48 Å². The summed E-state index contributed by atoms with van der Waals surface area (Å²) >= 11 is 0. The van der Waals surface area contributed by atoms with Crippen molar-refractivity contribution in [3.05, 3.63) is 23.9 Å². The number of aromatic carboxylic acids is 1. The van der Waals surface area contributed by atoms with E-state index in [1.54, 1.807) is 19.1 Å². The molecule has 140 valence electrons. The predicted octanol–water partition coefficient (Wildman–Crippen LogP) is 2.95. The van der Waals surface area contributed by atoms with E-state index in [2.05, 4.69) is 12.0 Å². The summed E-state index contributed by atoms with van der Waals surface area (Å²) in [6.07, 6.45) is 4.71. The zero-order valence-corrected chi connectivity index (χ0v) is 15.6. The number of nitrogens with zero attached hydrogens (tertiary/aromatic N) is 3. The van der Waals surface area contributed by atoms with E-state index in [9.17, 15) is 14.7 Å². The van der Waals surface area contributed by atoms with Crippen molar-refractivity contribution in [1.82, 2.24) is 14.7 Å². The summed E-state index contributed by atoms with van der Waals surface area (Å²) in [5.74, 6) is -0.239. The molecule has 1 aromatic heterocycles. The Kier molecular flexibility index (Phi) is 4.89. The van der Waals surface area contributed by atoms with Gasteiger partial charge in [0.1, 0.15) is 11.3 Å². The van der Waals surface area contributed by atoms with Gasteiger partial charge < -0.3 is 14.7 Å². The Morgan fingerprint density at radius 1 is 1.35 bits per heavy atom. The fourth-order valence-electron chi connectivity index (χ4n) is 3.93. The Morgan fingerprint density at radius 3 is 2.65 bits per heavy atom. The Bertz CT molecular complexity index is 845. The van der Waals surface area contributed by atoms with Gasteiger partial charge in [0.15, 0.2) is 0 Å². The van der Waals surface area contributed by atoms with Gasteiger partial charge in [-0.1, -0.05) is 6.92 Å². The van der Waals surface area contributed by atoms with Crippen LogP contribution in [0.5, 0.6) is 5.75 Å². The summed E-state index contributed by atoms with van der Waals surface area (Å²) in [6.45, 7) is 3.78. The lowest BCUT2D eigenvalue weighted by molar-refractivity contribution is -0.130. The highest BCUT2D eigenvalue weighted by Gasteiger charge is 2.32. The van der Waals surface area contributed by atoms with Gasteiger partial charge in [-0.25, -0.2) is 4.79 Å². The normalized spacial score (nSPS) is 23.0. The van der Waals surface area contributed by atoms with Gasteiger partial charge in [0.2, 0.25) is 5.91 Å². The van der Waals surface area contributed by atoms with Crippen molar-refractivity contribution in [3.8, 4) is 5.75 Å². The molecule has 26 heavy (non-hydrogen) atoms. The number of fused-ring (bicyclic) bond motifs is 1. The smallest absolute Gasteiger partial charge is 0.339 e. The van der Waals surface area contributed by atoms with Crippen molar-refractivity contribution in [2.75, 3.05) is 14.2 Å². The van der Waals surface area contributed by atoms with Crippen LogP contribution in [0.2, 0.25) is 0 Å². The second-order valence-electron chi connectivity index (χ2n) is 7.17. The number of hydrogen-bond donors (Lipinski definition) is 1. The molecule has 0 bridgehead atoms. The van der Waals surface area contributed by atoms with E-state index in [1.807, 2.05) is 22.8 Å². The average Bonchev–Trinajstić information content (AvgIpc) is 3.01. The fraction of sp³-hybridized carbons (Fsp3) is 0.526. The Hall–Kier alpha value is -2.57. The molecule has 1 N–H and O–H groups in total. The van der Waals surface area contributed by atoms with Crippen molar-refractivity contribution in [3.63, 3.8) is 0 Å². The molecule has 1 heterocycles. The Balaban J connectivity index is 1.87. The van der Waals surface area contributed by atoms with E-state index in [0.29, 0.717) is 11.7 Å². The van der Waals surface area contributed by atoms with Crippen LogP contribution in [-0.4, -0.2) is 51.9 Å². The van der Waals surface area contributed by atoms with Crippen molar-refractivity contribution < 1.29 is 19.4 Å². The van der Waals surface area contributed by atoms with Gasteiger partial charge in [-0.2, -0.15) is 5.10 Å². The van der Waals surface area contributed by atoms with E-state index in [-0.39, 0.29) is 23.6 Å². The SMILES string of the molecule is COc1cc2nn([C@H]3CC[C@@H](N(C)C(C)=O)C[C@H]3C)cc2cc1C(=O)O. The van der Waals surface area contributed by atoms with Crippen LogP contribution in [0.15, 0.2) is 18.3 Å². The fourth-order valence-corrected chi connectivity index (χ4v) is 3.93. The molecule has 3 rings (SSSR count). The van der Waals surface area contributed by atoms with Gasteiger partial charge >= 0.3 is 5.97 Å².